The standard InChI is InChI=1S/C27H36FNO8/c1-4-6-9-29-10-7-17-11-20-21(36-16-35-20)12-18(17)24-19(29)13-22(33-3)25(24)37-26(31)27(32,8-5-2)14-23(30)34-15-28/h11-13,19,24-25,32H,4-10,14-16H2,1-3H3/t19-,24-,25+,27+/m0/s1. The van der Waals surface area contributed by atoms with E-state index in [4.69, 9.17) is 18.9 Å². The number of ether oxygens (including phenoxy) is 5. The van der Waals surface area contributed by atoms with Gasteiger partial charge < -0.3 is 28.8 Å². The normalized spacial score (nSPS) is 23.8. The van der Waals surface area contributed by atoms with Crippen LogP contribution in [0.15, 0.2) is 24.0 Å². The molecule has 9 nitrogen and oxygen atoms in total. The summed E-state index contributed by atoms with van der Waals surface area (Å²) in [6, 6.07) is 3.82. The average Bonchev–Trinajstić information content (AvgIpc) is 3.43. The van der Waals surface area contributed by atoms with Crippen LogP contribution in [-0.4, -0.2) is 73.5 Å². The monoisotopic (exact) mass is 521 g/mol. The molecule has 2 heterocycles. The second kappa shape index (κ2) is 11.7. The molecule has 37 heavy (non-hydrogen) atoms. The van der Waals surface area contributed by atoms with Crippen LogP contribution < -0.4 is 9.47 Å². The van der Waals surface area contributed by atoms with Gasteiger partial charge in [-0.05, 0) is 55.1 Å². The zero-order chi connectivity index (χ0) is 26.6. The average molecular weight is 522 g/mol. The topological polar surface area (TPSA) is 104 Å². The number of rotatable bonds is 11. The first-order chi connectivity index (χ1) is 17.8. The fourth-order valence-corrected chi connectivity index (χ4v) is 5.53. The van der Waals surface area contributed by atoms with Gasteiger partial charge in [0.2, 0.25) is 13.7 Å². The molecule has 3 aliphatic rings. The third-order valence-electron chi connectivity index (χ3n) is 7.36. The maximum absolute atomic E-state index is 13.4. The third kappa shape index (κ3) is 5.55. The number of unbranched alkanes of at least 4 members (excludes halogenated alkanes) is 1. The maximum Gasteiger partial charge on any atom is 0.339 e. The van der Waals surface area contributed by atoms with Gasteiger partial charge in [0.1, 0.15) is 5.76 Å². The Bertz CT molecular complexity index is 1030. The van der Waals surface area contributed by atoms with Crippen LogP contribution in [0.2, 0.25) is 0 Å². The minimum atomic E-state index is -2.15. The van der Waals surface area contributed by atoms with Crippen LogP contribution in [0.25, 0.3) is 0 Å². The Hall–Kier alpha value is -2.85. The molecule has 0 spiro atoms. The summed E-state index contributed by atoms with van der Waals surface area (Å²) in [5.74, 6) is -0.516. The highest BCUT2D eigenvalue weighted by Gasteiger charge is 2.49. The van der Waals surface area contributed by atoms with Crippen molar-refractivity contribution < 1.29 is 42.8 Å². The molecule has 0 saturated heterocycles. The maximum atomic E-state index is 13.4. The summed E-state index contributed by atoms with van der Waals surface area (Å²) in [6.45, 7) is 4.38. The van der Waals surface area contributed by atoms with Crippen molar-refractivity contribution in [1.82, 2.24) is 4.90 Å². The number of halogens is 1. The van der Waals surface area contributed by atoms with E-state index in [9.17, 15) is 19.1 Å². The van der Waals surface area contributed by atoms with Crippen molar-refractivity contribution in [3.05, 3.63) is 35.1 Å². The smallest absolute Gasteiger partial charge is 0.339 e. The highest BCUT2D eigenvalue weighted by atomic mass is 19.1. The van der Waals surface area contributed by atoms with Crippen molar-refractivity contribution in [2.24, 2.45) is 0 Å². The molecule has 1 N–H and O–H groups in total. The Morgan fingerprint density at radius 3 is 2.65 bits per heavy atom. The zero-order valence-electron chi connectivity index (χ0n) is 21.7. The molecular formula is C27H36FNO8. The molecule has 0 unspecified atom stereocenters. The van der Waals surface area contributed by atoms with E-state index < -0.39 is 36.9 Å². The molecule has 1 aromatic rings. The fourth-order valence-electron chi connectivity index (χ4n) is 5.53. The van der Waals surface area contributed by atoms with Crippen LogP contribution in [0, 0.1) is 0 Å². The fraction of sp³-hybridized carbons (Fsp3) is 0.630. The van der Waals surface area contributed by atoms with E-state index in [2.05, 4.69) is 16.6 Å². The Labute approximate surface area is 216 Å². The number of benzene rings is 1. The molecule has 204 valence electrons. The lowest BCUT2D eigenvalue weighted by atomic mass is 9.87. The predicted molar refractivity (Wildman–Crippen MR) is 131 cm³/mol. The van der Waals surface area contributed by atoms with Gasteiger partial charge in [-0.25, -0.2) is 9.18 Å². The minimum Gasteiger partial charge on any atom is -0.497 e. The second-order valence-electron chi connectivity index (χ2n) is 9.74. The van der Waals surface area contributed by atoms with Crippen LogP contribution >= 0.6 is 0 Å². The third-order valence-corrected chi connectivity index (χ3v) is 7.36. The molecule has 0 bridgehead atoms. The van der Waals surface area contributed by atoms with Gasteiger partial charge in [-0.15, -0.1) is 0 Å². The van der Waals surface area contributed by atoms with Crippen LogP contribution in [0.5, 0.6) is 11.5 Å². The molecule has 4 atom stereocenters. The molecule has 0 fully saturated rings. The van der Waals surface area contributed by atoms with E-state index in [1.54, 1.807) is 6.92 Å². The summed E-state index contributed by atoms with van der Waals surface area (Å²) in [7, 11) is 1.52. The molecule has 4 rings (SSSR count). The molecule has 0 aromatic heterocycles. The van der Waals surface area contributed by atoms with Gasteiger partial charge in [-0.3, -0.25) is 9.69 Å². The number of aliphatic hydroxyl groups is 1. The number of carbonyl (C=O) groups is 2. The van der Waals surface area contributed by atoms with Crippen molar-refractivity contribution >= 4 is 11.9 Å². The van der Waals surface area contributed by atoms with Crippen molar-refractivity contribution in [3.8, 4) is 11.5 Å². The first kappa shape index (κ1) is 27.2. The van der Waals surface area contributed by atoms with Gasteiger partial charge >= 0.3 is 11.9 Å². The Kier molecular flexibility index (Phi) is 8.59. The molecular weight excluding hydrogens is 485 g/mol. The highest BCUT2D eigenvalue weighted by Crippen LogP contribution is 2.47. The number of alkyl halides is 1. The molecule has 0 amide bonds. The number of hydrogen-bond acceptors (Lipinski definition) is 9. The number of carbonyl (C=O) groups excluding carboxylic acids is 2. The zero-order valence-corrected chi connectivity index (χ0v) is 21.7. The molecule has 0 radical (unpaired) electrons. The van der Waals surface area contributed by atoms with E-state index in [0.717, 1.165) is 43.5 Å². The number of hydrogen-bond donors (Lipinski definition) is 1. The van der Waals surface area contributed by atoms with Crippen molar-refractivity contribution in [2.75, 3.05) is 33.9 Å². The van der Waals surface area contributed by atoms with Crippen molar-refractivity contribution in [3.63, 3.8) is 0 Å². The van der Waals surface area contributed by atoms with Crippen LogP contribution in [0.4, 0.5) is 4.39 Å². The van der Waals surface area contributed by atoms with E-state index >= 15 is 0 Å². The largest absolute Gasteiger partial charge is 0.497 e. The van der Waals surface area contributed by atoms with Gasteiger partial charge in [-0.2, -0.15) is 0 Å². The minimum absolute atomic E-state index is 0.0437. The molecule has 2 aliphatic heterocycles. The van der Waals surface area contributed by atoms with Crippen LogP contribution in [0.3, 0.4) is 0 Å². The summed E-state index contributed by atoms with van der Waals surface area (Å²) in [4.78, 5) is 27.8. The summed E-state index contributed by atoms with van der Waals surface area (Å²) in [6.07, 6.45) is 3.62. The number of esters is 2. The number of fused-ring (bicyclic) bond motifs is 4. The summed E-state index contributed by atoms with van der Waals surface area (Å²) < 4.78 is 39.8. The molecule has 10 heteroatoms. The van der Waals surface area contributed by atoms with E-state index in [-0.39, 0.29) is 25.2 Å². The van der Waals surface area contributed by atoms with Crippen molar-refractivity contribution in [2.45, 2.75) is 76.0 Å². The first-order valence-electron chi connectivity index (χ1n) is 12.9. The van der Waals surface area contributed by atoms with Gasteiger partial charge in [0.05, 0.1) is 13.5 Å². The molecule has 0 saturated carbocycles. The lowest BCUT2D eigenvalue weighted by molar-refractivity contribution is -0.179. The molecule has 1 aliphatic carbocycles. The van der Waals surface area contributed by atoms with E-state index in [0.29, 0.717) is 23.7 Å². The first-order valence-corrected chi connectivity index (χ1v) is 12.9. The van der Waals surface area contributed by atoms with Crippen LogP contribution in [-0.2, 0) is 30.2 Å². The van der Waals surface area contributed by atoms with Gasteiger partial charge in [-0.1, -0.05) is 26.7 Å². The second-order valence-corrected chi connectivity index (χ2v) is 9.74. The molecule has 1 aromatic carbocycles. The lowest BCUT2D eigenvalue weighted by Crippen LogP contribution is -2.46. The van der Waals surface area contributed by atoms with Gasteiger partial charge in [0, 0.05) is 18.5 Å². The Balaban J connectivity index is 1.70. The quantitative estimate of drug-likeness (QED) is 0.439. The van der Waals surface area contributed by atoms with Crippen molar-refractivity contribution in [1.29, 1.82) is 0 Å². The van der Waals surface area contributed by atoms with Gasteiger partial charge in [0.25, 0.3) is 0 Å². The number of methoxy groups -OCH3 is 1. The summed E-state index contributed by atoms with van der Waals surface area (Å²) in [5.41, 5.74) is -0.118. The number of nitrogens with zero attached hydrogens (tertiary/aromatic N) is 1. The van der Waals surface area contributed by atoms with E-state index in [1.807, 2.05) is 18.2 Å². The predicted octanol–water partition coefficient (Wildman–Crippen LogP) is 3.37. The van der Waals surface area contributed by atoms with E-state index in [1.165, 1.54) is 7.11 Å². The summed E-state index contributed by atoms with van der Waals surface area (Å²) in [5, 5.41) is 11.1. The Morgan fingerprint density at radius 2 is 1.97 bits per heavy atom. The highest BCUT2D eigenvalue weighted by molar-refractivity contribution is 5.86. The van der Waals surface area contributed by atoms with Gasteiger partial charge in [0.15, 0.2) is 23.2 Å². The Morgan fingerprint density at radius 1 is 1.22 bits per heavy atom. The SMILES string of the molecule is CCCCN1CCc2cc3c(cc2[C@@H]2[C@H](OC(=O)[C@@](O)(CCC)CC(=O)OCF)C(OC)=C[C@@H]21)OCO3. The summed E-state index contributed by atoms with van der Waals surface area (Å²) >= 11 is 0. The lowest BCUT2D eigenvalue weighted by Gasteiger charge is -2.34. The van der Waals surface area contributed by atoms with Crippen LogP contribution in [0.1, 0.15) is 63.0 Å².